The van der Waals surface area contributed by atoms with E-state index in [0.29, 0.717) is 0 Å². The van der Waals surface area contributed by atoms with Crippen molar-refractivity contribution < 1.29 is 0 Å². The predicted octanol–water partition coefficient (Wildman–Crippen LogP) is 19.5. The Morgan fingerprint density at radius 1 is 0.278 bits per heavy atom. The highest BCUT2D eigenvalue weighted by atomic mass is 15.0. The van der Waals surface area contributed by atoms with Crippen LogP contribution >= 0.6 is 0 Å². The fourth-order valence-corrected chi connectivity index (χ4v) is 14.4. The van der Waals surface area contributed by atoms with Gasteiger partial charge in [-0.2, -0.15) is 0 Å². The number of hydrogen-bond acceptors (Lipinski definition) is 1. The summed E-state index contributed by atoms with van der Waals surface area (Å²) in [5, 5.41) is 8.51. The van der Waals surface area contributed by atoms with E-state index in [2.05, 4.69) is 278 Å². The van der Waals surface area contributed by atoms with Crippen LogP contribution in [-0.2, 0) is 10.8 Å². The molecule has 0 N–H and O–H groups in total. The van der Waals surface area contributed by atoms with Crippen molar-refractivity contribution in [3.8, 4) is 61.6 Å². The molecule has 0 saturated heterocycles. The van der Waals surface area contributed by atoms with Gasteiger partial charge in [0.15, 0.2) is 0 Å². The molecule has 372 valence electrons. The summed E-state index contributed by atoms with van der Waals surface area (Å²) in [6.07, 6.45) is 1.95. The summed E-state index contributed by atoms with van der Waals surface area (Å²) in [7, 11) is 0. The highest BCUT2D eigenvalue weighted by molar-refractivity contribution is 6.15. The van der Waals surface area contributed by atoms with Crippen LogP contribution in [0.1, 0.15) is 49.9 Å². The molecule has 0 unspecified atom stereocenters. The molecule has 0 radical (unpaired) electrons. The van der Waals surface area contributed by atoms with Gasteiger partial charge in [-0.3, -0.25) is 4.98 Å². The molecule has 11 aromatic carbocycles. The van der Waals surface area contributed by atoms with Gasteiger partial charge in [0.2, 0.25) is 0 Å². The maximum absolute atomic E-state index is 4.80. The maximum atomic E-state index is 4.80. The molecule has 0 atom stereocenters. The minimum Gasteiger partial charge on any atom is -0.309 e. The number of para-hydroxylation sites is 3. The second kappa shape index (κ2) is 15.9. The van der Waals surface area contributed by atoms with Crippen LogP contribution in [0.2, 0.25) is 0 Å². The Kier molecular flexibility index (Phi) is 8.93. The highest BCUT2D eigenvalue weighted by Crippen LogP contribution is 2.52. The lowest BCUT2D eigenvalue weighted by atomic mass is 9.82. The molecule has 0 saturated carbocycles. The molecule has 2 aliphatic carbocycles. The molecule has 79 heavy (non-hydrogen) atoms. The third-order valence-corrected chi connectivity index (χ3v) is 18.3. The molecule has 4 heterocycles. The molecular weight excluding hydrogens is 957 g/mol. The van der Waals surface area contributed by atoms with Gasteiger partial charge in [0.25, 0.3) is 0 Å². The average Bonchev–Trinajstić information content (AvgIpc) is 4.43. The number of hydrogen-bond donors (Lipinski definition) is 0. The third kappa shape index (κ3) is 6.12. The van der Waals surface area contributed by atoms with Gasteiger partial charge in [0.05, 0.1) is 44.3 Å². The van der Waals surface area contributed by atoms with Gasteiger partial charge in [0.1, 0.15) is 0 Å². The van der Waals surface area contributed by atoms with Gasteiger partial charge < -0.3 is 13.7 Å². The molecule has 4 nitrogen and oxygen atoms in total. The Bertz CT molecular complexity index is 4860. The van der Waals surface area contributed by atoms with Crippen molar-refractivity contribution in [3.63, 3.8) is 0 Å². The number of aromatic nitrogens is 4. The zero-order valence-corrected chi connectivity index (χ0v) is 44.4. The number of fused-ring (bicyclic) bond motifs is 16. The first-order chi connectivity index (χ1) is 38.7. The van der Waals surface area contributed by atoms with E-state index in [4.69, 9.17) is 4.98 Å². The van der Waals surface area contributed by atoms with Gasteiger partial charge in [-0.25, -0.2) is 0 Å². The van der Waals surface area contributed by atoms with Gasteiger partial charge in [-0.05, 0) is 164 Å². The van der Waals surface area contributed by atoms with Gasteiger partial charge >= 0.3 is 0 Å². The summed E-state index contributed by atoms with van der Waals surface area (Å²) < 4.78 is 7.38. The zero-order chi connectivity index (χ0) is 52.5. The summed E-state index contributed by atoms with van der Waals surface area (Å²) in [5.41, 5.74) is 27.0. The van der Waals surface area contributed by atoms with Crippen molar-refractivity contribution in [2.75, 3.05) is 0 Å². The minimum absolute atomic E-state index is 0.0914. The Morgan fingerprint density at radius 3 is 1.13 bits per heavy atom. The van der Waals surface area contributed by atoms with Crippen molar-refractivity contribution in [3.05, 3.63) is 265 Å². The van der Waals surface area contributed by atoms with Crippen molar-refractivity contribution in [2.45, 2.75) is 38.5 Å². The molecule has 0 bridgehead atoms. The average molecular weight is 1010 g/mol. The minimum atomic E-state index is -0.0914. The predicted molar refractivity (Wildman–Crippen MR) is 331 cm³/mol. The first kappa shape index (κ1) is 44.4. The smallest absolute Gasteiger partial charge is 0.0723 e. The SMILES string of the molecule is CC1(C)c2ccccc2-c2ccc(-n3c4ccccc4c4cc(-c5ccc6c(c5)c5cc(-c7ccc8c(c7)c7ccccc7n8-c7ccc8c(c7)C(C)(C)c7ccccc7-8)ccc5n6-c5ccnc6ccccc56)ccc43)cc21. The molecule has 0 spiro atoms. The lowest BCUT2D eigenvalue weighted by Gasteiger charge is -2.22. The van der Waals surface area contributed by atoms with Crippen LogP contribution in [0.15, 0.2) is 243 Å². The maximum Gasteiger partial charge on any atom is 0.0723 e. The van der Waals surface area contributed by atoms with Crippen LogP contribution in [0.5, 0.6) is 0 Å². The van der Waals surface area contributed by atoms with Gasteiger partial charge in [-0.1, -0.05) is 167 Å². The Hall–Kier alpha value is -9.77. The fraction of sp³-hybridized carbons (Fsp3) is 0.0800. The van der Waals surface area contributed by atoms with Gasteiger partial charge in [0, 0.05) is 66.1 Å². The lowest BCUT2D eigenvalue weighted by molar-refractivity contribution is 0.660. The monoisotopic (exact) mass is 1010 g/mol. The number of rotatable bonds is 5. The van der Waals surface area contributed by atoms with Crippen LogP contribution in [0.4, 0.5) is 0 Å². The Morgan fingerprint density at radius 2 is 0.646 bits per heavy atom. The van der Waals surface area contributed by atoms with Crippen LogP contribution in [0.25, 0.3) is 138 Å². The molecular formula is C75H52N4. The van der Waals surface area contributed by atoms with E-state index >= 15 is 0 Å². The van der Waals surface area contributed by atoms with Crippen LogP contribution in [0.3, 0.4) is 0 Å². The van der Waals surface area contributed by atoms with E-state index in [0.717, 1.165) is 27.6 Å². The zero-order valence-electron chi connectivity index (χ0n) is 44.4. The van der Waals surface area contributed by atoms with E-state index < -0.39 is 0 Å². The molecule has 4 heteroatoms. The molecule has 0 amide bonds. The normalized spacial score (nSPS) is 14.0. The second-order valence-electron chi connectivity index (χ2n) is 23.1. The molecule has 15 aromatic rings. The van der Waals surface area contributed by atoms with Crippen molar-refractivity contribution in [1.29, 1.82) is 0 Å². The molecule has 4 aromatic heterocycles. The third-order valence-electron chi connectivity index (χ3n) is 18.3. The topological polar surface area (TPSA) is 27.7 Å². The highest BCUT2D eigenvalue weighted by Gasteiger charge is 2.37. The standard InChI is InChI=1S/C75H52N4/c1-74(2)62-20-10-5-15-51(62)53-31-29-49(43-64(53)74)77-67-23-13-8-17-55(67)58-39-45(25-33-69(58)77)47-27-35-71-60(41-47)61-42-48(28-36-72(61)79(71)73-37-38-76-66-22-12-7-19-57(66)73)46-26-34-70-59(40-46)56-18-9-14-24-68(56)78(70)50-30-32-54-52-16-6-11-21-63(52)75(3,4)65(54)44-50/h5-44H,1-4H3. The summed E-state index contributed by atoms with van der Waals surface area (Å²) in [5.74, 6) is 0. The fourth-order valence-electron chi connectivity index (χ4n) is 14.4. The van der Waals surface area contributed by atoms with Crippen molar-refractivity contribution in [2.24, 2.45) is 0 Å². The Balaban J connectivity index is 0.823. The molecule has 0 fully saturated rings. The molecule has 17 rings (SSSR count). The summed E-state index contributed by atoms with van der Waals surface area (Å²) in [4.78, 5) is 4.80. The number of benzene rings is 11. The van der Waals surface area contributed by atoms with Crippen molar-refractivity contribution in [1.82, 2.24) is 18.7 Å². The van der Waals surface area contributed by atoms with E-state index in [-0.39, 0.29) is 10.8 Å². The van der Waals surface area contributed by atoms with E-state index in [9.17, 15) is 0 Å². The summed E-state index contributed by atoms with van der Waals surface area (Å²) in [6, 6.07) is 88.7. The lowest BCUT2D eigenvalue weighted by Crippen LogP contribution is -2.15. The second-order valence-corrected chi connectivity index (χ2v) is 23.1. The van der Waals surface area contributed by atoms with E-state index in [1.165, 1.54) is 133 Å². The first-order valence-corrected chi connectivity index (χ1v) is 27.7. The van der Waals surface area contributed by atoms with Crippen LogP contribution < -0.4 is 0 Å². The van der Waals surface area contributed by atoms with Gasteiger partial charge in [-0.15, -0.1) is 0 Å². The van der Waals surface area contributed by atoms with Crippen LogP contribution in [0, 0.1) is 0 Å². The summed E-state index contributed by atoms with van der Waals surface area (Å²) in [6.45, 7) is 9.46. The van der Waals surface area contributed by atoms with E-state index in [1.807, 2.05) is 6.20 Å². The molecule has 0 aliphatic heterocycles. The van der Waals surface area contributed by atoms with Crippen molar-refractivity contribution >= 4 is 76.3 Å². The van der Waals surface area contributed by atoms with E-state index in [1.54, 1.807) is 0 Å². The Labute approximate surface area is 457 Å². The number of nitrogens with zero attached hydrogens (tertiary/aromatic N) is 4. The summed E-state index contributed by atoms with van der Waals surface area (Å²) >= 11 is 0. The molecule has 2 aliphatic rings. The first-order valence-electron chi connectivity index (χ1n) is 27.7. The largest absolute Gasteiger partial charge is 0.309 e. The quantitative estimate of drug-likeness (QED) is 0.169. The number of pyridine rings is 1. The van der Waals surface area contributed by atoms with Crippen LogP contribution in [-0.4, -0.2) is 18.7 Å².